The molecule has 0 spiro atoms. The Kier molecular flexibility index (Phi) is 8.87. The van der Waals surface area contributed by atoms with Gasteiger partial charge in [-0.05, 0) is 35.4 Å². The first kappa shape index (κ1) is 23.9. The van der Waals surface area contributed by atoms with E-state index < -0.39 is 0 Å². The molecule has 0 atom stereocenters. The lowest BCUT2D eigenvalue weighted by Gasteiger charge is -2.03. The van der Waals surface area contributed by atoms with Crippen LogP contribution in [0.3, 0.4) is 0 Å². The maximum absolute atomic E-state index is 5.92. The van der Waals surface area contributed by atoms with E-state index in [0.29, 0.717) is 23.1 Å². The van der Waals surface area contributed by atoms with E-state index in [-0.39, 0.29) is 24.8 Å². The van der Waals surface area contributed by atoms with Gasteiger partial charge in [0.2, 0.25) is 0 Å². The van der Waals surface area contributed by atoms with Crippen LogP contribution in [0.25, 0.3) is 22.5 Å². The highest BCUT2D eigenvalue weighted by Crippen LogP contribution is 2.22. The highest BCUT2D eigenvalue weighted by molar-refractivity contribution is 6.30. The van der Waals surface area contributed by atoms with Crippen LogP contribution in [-0.4, -0.2) is 33.5 Å². The van der Waals surface area contributed by atoms with Crippen molar-refractivity contribution < 1.29 is 0 Å². The first-order chi connectivity index (χ1) is 13.7. The van der Waals surface area contributed by atoms with Crippen molar-refractivity contribution in [1.29, 1.82) is 0 Å². The molecule has 0 aliphatic heterocycles. The number of nitrogens with zero attached hydrogens (tertiary/aromatic N) is 2. The molecule has 4 aromatic rings. The molecule has 0 aliphatic carbocycles. The molecule has 2 aromatic carbocycles. The van der Waals surface area contributed by atoms with Crippen LogP contribution < -0.4 is 10.6 Å². The van der Waals surface area contributed by atoms with Gasteiger partial charge in [-0.1, -0.05) is 47.5 Å². The summed E-state index contributed by atoms with van der Waals surface area (Å²) in [5.41, 5.74) is 3.95. The lowest BCUT2D eigenvalue weighted by atomic mass is 10.1. The van der Waals surface area contributed by atoms with E-state index >= 15 is 0 Å². The fourth-order valence-electron chi connectivity index (χ4n) is 2.76. The van der Waals surface area contributed by atoms with Crippen molar-refractivity contribution >= 4 is 59.7 Å². The molecule has 0 saturated heterocycles. The van der Waals surface area contributed by atoms with Crippen molar-refractivity contribution in [1.82, 2.24) is 20.4 Å². The summed E-state index contributed by atoms with van der Waals surface area (Å²) in [7, 11) is 0. The zero-order chi connectivity index (χ0) is 19.3. The largest absolute Gasteiger partial charge is 0.367 e. The first-order valence-electron chi connectivity index (χ1n) is 8.78. The van der Waals surface area contributed by atoms with Crippen LogP contribution in [0.5, 0.6) is 0 Å². The predicted molar refractivity (Wildman–Crippen MR) is 130 cm³/mol. The maximum atomic E-state index is 5.92. The van der Waals surface area contributed by atoms with Crippen LogP contribution in [0.15, 0.2) is 60.7 Å². The monoisotopic (exact) mass is 484 g/mol. The summed E-state index contributed by atoms with van der Waals surface area (Å²) in [6, 6.07) is 19.2. The standard InChI is InChI=1S/C20H18Cl2N6.2ClH/c21-15-5-1-13(2-6-15)17-11-19(27-25-17)23-9-10-24-20-12-18(26-28-20)14-3-7-16(22)8-4-14;;/h1-8,11-12H,9-10H2,(H2,23,25,27)(H2,24,26,28);2*1H. The van der Waals surface area contributed by atoms with Crippen LogP contribution in [0.2, 0.25) is 10.0 Å². The number of benzene rings is 2. The molecule has 0 bridgehead atoms. The number of nitrogens with one attached hydrogen (secondary N) is 4. The van der Waals surface area contributed by atoms with E-state index in [2.05, 4.69) is 31.0 Å². The van der Waals surface area contributed by atoms with Crippen LogP contribution in [0.1, 0.15) is 0 Å². The Balaban J connectivity index is 0.00000160. The molecule has 10 heteroatoms. The smallest absolute Gasteiger partial charge is 0.148 e. The fraction of sp³-hybridized carbons (Fsp3) is 0.100. The third kappa shape index (κ3) is 6.06. The summed E-state index contributed by atoms with van der Waals surface area (Å²) in [4.78, 5) is 0. The Labute approximate surface area is 196 Å². The van der Waals surface area contributed by atoms with Gasteiger partial charge in [0, 0.05) is 35.3 Å². The minimum Gasteiger partial charge on any atom is -0.367 e. The van der Waals surface area contributed by atoms with Gasteiger partial charge in [-0.25, -0.2) is 0 Å². The molecule has 2 aromatic heterocycles. The van der Waals surface area contributed by atoms with Crippen molar-refractivity contribution in [2.45, 2.75) is 0 Å². The Hall–Kier alpha value is -2.38. The van der Waals surface area contributed by atoms with E-state index in [1.807, 2.05) is 60.7 Å². The van der Waals surface area contributed by atoms with Gasteiger partial charge in [0.15, 0.2) is 0 Å². The van der Waals surface area contributed by atoms with E-state index in [9.17, 15) is 0 Å². The Morgan fingerprint density at radius 1 is 0.633 bits per heavy atom. The number of aromatic amines is 2. The number of H-pyrrole nitrogens is 2. The van der Waals surface area contributed by atoms with Gasteiger partial charge in [0.05, 0.1) is 11.4 Å². The summed E-state index contributed by atoms with van der Waals surface area (Å²) in [5, 5.41) is 22.6. The summed E-state index contributed by atoms with van der Waals surface area (Å²) < 4.78 is 0. The fourth-order valence-corrected chi connectivity index (χ4v) is 3.01. The molecule has 2 heterocycles. The minimum atomic E-state index is 0. The summed E-state index contributed by atoms with van der Waals surface area (Å²) in [6.07, 6.45) is 0. The molecule has 0 aliphatic rings. The highest BCUT2D eigenvalue weighted by atomic mass is 35.5. The molecular formula is C20H20Cl4N6. The quantitative estimate of drug-likeness (QED) is 0.237. The van der Waals surface area contributed by atoms with Crippen molar-refractivity contribution in [2.75, 3.05) is 23.7 Å². The number of anilines is 2. The SMILES string of the molecule is Cl.Cl.Clc1ccc(-c2cc(NCCNc3cc(-c4ccc(Cl)cc4)[nH]n3)n[nH]2)cc1. The number of hydrogen-bond donors (Lipinski definition) is 4. The highest BCUT2D eigenvalue weighted by Gasteiger charge is 2.05. The zero-order valence-corrected chi connectivity index (χ0v) is 18.8. The van der Waals surface area contributed by atoms with E-state index in [1.165, 1.54) is 0 Å². The van der Waals surface area contributed by atoms with E-state index in [1.54, 1.807) is 0 Å². The Bertz CT molecular complexity index is 958. The zero-order valence-electron chi connectivity index (χ0n) is 15.7. The third-order valence-electron chi connectivity index (χ3n) is 4.20. The van der Waals surface area contributed by atoms with Gasteiger partial charge in [0.1, 0.15) is 11.6 Å². The van der Waals surface area contributed by atoms with Crippen molar-refractivity contribution in [3.8, 4) is 22.5 Å². The average Bonchev–Trinajstić information content (AvgIpc) is 3.36. The van der Waals surface area contributed by atoms with Gasteiger partial charge in [-0.15, -0.1) is 24.8 Å². The molecular weight excluding hydrogens is 466 g/mol. The lowest BCUT2D eigenvalue weighted by Crippen LogP contribution is -2.13. The molecule has 0 unspecified atom stereocenters. The van der Waals surface area contributed by atoms with Gasteiger partial charge in [-0.2, -0.15) is 10.2 Å². The lowest BCUT2D eigenvalue weighted by molar-refractivity contribution is 1.01. The Morgan fingerprint density at radius 3 is 1.37 bits per heavy atom. The topological polar surface area (TPSA) is 81.4 Å². The first-order valence-corrected chi connectivity index (χ1v) is 9.53. The third-order valence-corrected chi connectivity index (χ3v) is 4.71. The van der Waals surface area contributed by atoms with Crippen LogP contribution >= 0.6 is 48.0 Å². The van der Waals surface area contributed by atoms with Crippen LogP contribution in [0.4, 0.5) is 11.6 Å². The van der Waals surface area contributed by atoms with Crippen molar-refractivity contribution in [3.63, 3.8) is 0 Å². The number of hydrogen-bond acceptors (Lipinski definition) is 4. The molecule has 158 valence electrons. The van der Waals surface area contributed by atoms with Gasteiger partial charge in [0.25, 0.3) is 0 Å². The van der Waals surface area contributed by atoms with Crippen LogP contribution in [-0.2, 0) is 0 Å². The predicted octanol–water partition coefficient (Wildman–Crippen LogP) is 6.14. The summed E-state index contributed by atoms with van der Waals surface area (Å²) in [5.74, 6) is 1.58. The van der Waals surface area contributed by atoms with E-state index in [0.717, 1.165) is 34.2 Å². The average molecular weight is 486 g/mol. The molecule has 0 fully saturated rings. The maximum Gasteiger partial charge on any atom is 0.148 e. The molecule has 4 rings (SSSR count). The second kappa shape index (κ2) is 11.1. The summed E-state index contributed by atoms with van der Waals surface area (Å²) in [6.45, 7) is 1.40. The molecule has 0 radical (unpaired) electrons. The molecule has 30 heavy (non-hydrogen) atoms. The van der Waals surface area contributed by atoms with Crippen molar-refractivity contribution in [3.05, 3.63) is 70.7 Å². The number of rotatable bonds is 7. The van der Waals surface area contributed by atoms with Gasteiger partial charge >= 0.3 is 0 Å². The second-order valence-corrected chi connectivity index (χ2v) is 7.07. The minimum absolute atomic E-state index is 0. The second-order valence-electron chi connectivity index (χ2n) is 6.20. The van der Waals surface area contributed by atoms with Crippen molar-refractivity contribution in [2.24, 2.45) is 0 Å². The normalized spacial score (nSPS) is 10.1. The molecule has 0 amide bonds. The van der Waals surface area contributed by atoms with Crippen LogP contribution in [0, 0.1) is 0 Å². The number of aromatic nitrogens is 4. The Morgan fingerprint density at radius 2 is 1.00 bits per heavy atom. The number of halogens is 4. The van der Waals surface area contributed by atoms with Gasteiger partial charge in [-0.3, -0.25) is 10.2 Å². The molecule has 0 saturated carbocycles. The van der Waals surface area contributed by atoms with E-state index in [4.69, 9.17) is 23.2 Å². The molecule has 4 N–H and O–H groups in total. The molecule has 6 nitrogen and oxygen atoms in total. The summed E-state index contributed by atoms with van der Waals surface area (Å²) >= 11 is 11.8. The van der Waals surface area contributed by atoms with Gasteiger partial charge < -0.3 is 10.6 Å².